The first-order chi connectivity index (χ1) is 8.93. The van der Waals surface area contributed by atoms with E-state index in [4.69, 9.17) is 10.4 Å². The van der Waals surface area contributed by atoms with E-state index in [0.717, 1.165) is 5.56 Å². The van der Waals surface area contributed by atoms with Crippen molar-refractivity contribution in [2.24, 2.45) is 5.14 Å². The first kappa shape index (κ1) is 13.3. The predicted octanol–water partition coefficient (Wildman–Crippen LogP) is 0.759. The van der Waals surface area contributed by atoms with E-state index >= 15 is 0 Å². The van der Waals surface area contributed by atoms with Gasteiger partial charge in [0.05, 0.1) is 12.2 Å². The number of nitrogens with zero attached hydrogens (tertiary/aromatic N) is 3. The van der Waals surface area contributed by atoms with E-state index in [1.165, 1.54) is 4.68 Å². The third-order valence-corrected chi connectivity index (χ3v) is 3.59. The maximum Gasteiger partial charge on any atom is 0.256 e. The lowest BCUT2D eigenvalue weighted by Crippen LogP contribution is -2.19. The van der Waals surface area contributed by atoms with Crippen molar-refractivity contribution in [2.75, 3.05) is 0 Å². The topological polar surface area (TPSA) is 102 Å². The SMILES string of the molecule is Cc1nn(Cc2ccccc2)c(S(N)(=O)=O)c1C#N. The van der Waals surface area contributed by atoms with Gasteiger partial charge in [-0.15, -0.1) is 0 Å². The van der Waals surface area contributed by atoms with Crippen molar-refractivity contribution in [1.29, 1.82) is 5.26 Å². The van der Waals surface area contributed by atoms with Crippen LogP contribution in [0.2, 0.25) is 0 Å². The molecule has 1 heterocycles. The van der Waals surface area contributed by atoms with Crippen molar-refractivity contribution in [3.63, 3.8) is 0 Å². The van der Waals surface area contributed by atoms with Gasteiger partial charge in [-0.1, -0.05) is 30.3 Å². The molecule has 0 aliphatic rings. The van der Waals surface area contributed by atoms with Gasteiger partial charge in [-0.2, -0.15) is 10.4 Å². The Bertz CT molecular complexity index is 742. The molecule has 1 aromatic carbocycles. The Morgan fingerprint density at radius 3 is 2.53 bits per heavy atom. The highest BCUT2D eigenvalue weighted by molar-refractivity contribution is 7.89. The first-order valence-electron chi connectivity index (χ1n) is 5.47. The summed E-state index contributed by atoms with van der Waals surface area (Å²) >= 11 is 0. The highest BCUT2D eigenvalue weighted by Crippen LogP contribution is 2.18. The molecule has 19 heavy (non-hydrogen) atoms. The second-order valence-electron chi connectivity index (χ2n) is 4.07. The number of hydrogen-bond donors (Lipinski definition) is 1. The molecular formula is C12H12N4O2S. The molecule has 0 spiro atoms. The van der Waals surface area contributed by atoms with Gasteiger partial charge in [0.1, 0.15) is 11.6 Å². The monoisotopic (exact) mass is 276 g/mol. The third kappa shape index (κ3) is 2.65. The molecule has 0 radical (unpaired) electrons. The number of sulfonamides is 1. The summed E-state index contributed by atoms with van der Waals surface area (Å²) in [4.78, 5) is 0. The summed E-state index contributed by atoms with van der Waals surface area (Å²) in [5, 5.41) is 18.0. The van der Waals surface area contributed by atoms with E-state index in [2.05, 4.69) is 5.10 Å². The Morgan fingerprint density at radius 1 is 1.37 bits per heavy atom. The average Bonchev–Trinajstić information content (AvgIpc) is 2.66. The van der Waals surface area contributed by atoms with Crippen LogP contribution in [0.4, 0.5) is 0 Å². The Kier molecular flexibility index (Phi) is 3.38. The zero-order chi connectivity index (χ0) is 14.0. The quantitative estimate of drug-likeness (QED) is 0.893. The van der Waals surface area contributed by atoms with Gasteiger partial charge >= 0.3 is 0 Å². The number of rotatable bonds is 3. The van der Waals surface area contributed by atoms with Crippen LogP contribution in [-0.4, -0.2) is 18.2 Å². The molecule has 2 aromatic rings. The van der Waals surface area contributed by atoms with Crippen LogP contribution in [0.25, 0.3) is 0 Å². The van der Waals surface area contributed by atoms with Crippen molar-refractivity contribution < 1.29 is 8.42 Å². The predicted molar refractivity (Wildman–Crippen MR) is 68.6 cm³/mol. The van der Waals surface area contributed by atoms with Crippen LogP contribution in [0.5, 0.6) is 0 Å². The summed E-state index contributed by atoms with van der Waals surface area (Å²) in [7, 11) is -4.00. The fourth-order valence-electron chi connectivity index (χ4n) is 1.84. The van der Waals surface area contributed by atoms with Gasteiger partial charge in [0.25, 0.3) is 10.0 Å². The van der Waals surface area contributed by atoms with Crippen LogP contribution in [-0.2, 0) is 16.6 Å². The number of aryl methyl sites for hydroxylation is 1. The fraction of sp³-hybridized carbons (Fsp3) is 0.167. The van der Waals surface area contributed by atoms with Crippen LogP contribution in [0.3, 0.4) is 0 Å². The van der Waals surface area contributed by atoms with E-state index in [1.54, 1.807) is 6.92 Å². The van der Waals surface area contributed by atoms with Crippen molar-refractivity contribution in [2.45, 2.75) is 18.5 Å². The van der Waals surface area contributed by atoms with Gasteiger partial charge < -0.3 is 0 Å². The van der Waals surface area contributed by atoms with Crippen LogP contribution in [0.15, 0.2) is 35.4 Å². The maximum atomic E-state index is 11.6. The lowest BCUT2D eigenvalue weighted by molar-refractivity contribution is 0.563. The van der Waals surface area contributed by atoms with Gasteiger partial charge in [0.2, 0.25) is 0 Å². The summed E-state index contributed by atoms with van der Waals surface area (Å²) in [5.41, 5.74) is 1.22. The van der Waals surface area contributed by atoms with E-state index in [9.17, 15) is 8.42 Å². The first-order valence-corrected chi connectivity index (χ1v) is 7.02. The summed E-state index contributed by atoms with van der Waals surface area (Å²) < 4.78 is 24.5. The lowest BCUT2D eigenvalue weighted by atomic mass is 10.2. The van der Waals surface area contributed by atoms with Crippen molar-refractivity contribution in [1.82, 2.24) is 9.78 Å². The number of hydrogen-bond acceptors (Lipinski definition) is 4. The van der Waals surface area contributed by atoms with Crippen molar-refractivity contribution >= 4 is 10.0 Å². The molecule has 6 nitrogen and oxygen atoms in total. The molecule has 1 aromatic heterocycles. The molecule has 98 valence electrons. The highest BCUT2D eigenvalue weighted by Gasteiger charge is 2.24. The van der Waals surface area contributed by atoms with E-state index < -0.39 is 10.0 Å². The molecule has 0 atom stereocenters. The molecular weight excluding hydrogens is 264 g/mol. The smallest absolute Gasteiger partial charge is 0.247 e. The molecule has 0 amide bonds. The molecule has 0 bridgehead atoms. The Labute approximate surface area is 111 Å². The number of nitrogens with two attached hydrogens (primary N) is 1. The van der Waals surface area contributed by atoms with Gasteiger partial charge in [-0.3, -0.25) is 0 Å². The largest absolute Gasteiger partial charge is 0.256 e. The van der Waals surface area contributed by atoms with Crippen LogP contribution >= 0.6 is 0 Å². The minimum absolute atomic E-state index is 0.00145. The minimum Gasteiger partial charge on any atom is -0.247 e. The second-order valence-corrected chi connectivity index (χ2v) is 5.54. The summed E-state index contributed by atoms with van der Waals surface area (Å²) in [5.74, 6) is 0. The average molecular weight is 276 g/mol. The van der Waals surface area contributed by atoms with Crippen LogP contribution < -0.4 is 5.14 Å². The molecule has 2 N–H and O–H groups in total. The molecule has 0 saturated carbocycles. The maximum absolute atomic E-state index is 11.6. The van der Waals surface area contributed by atoms with Crippen molar-refractivity contribution in [3.05, 3.63) is 47.2 Å². The zero-order valence-electron chi connectivity index (χ0n) is 10.2. The van der Waals surface area contributed by atoms with E-state index in [-0.39, 0.29) is 17.1 Å². The zero-order valence-corrected chi connectivity index (χ0v) is 11.1. The third-order valence-electron chi connectivity index (χ3n) is 2.64. The summed E-state index contributed by atoms with van der Waals surface area (Å²) in [6.07, 6.45) is 0. The summed E-state index contributed by atoms with van der Waals surface area (Å²) in [6.45, 7) is 1.82. The van der Waals surface area contributed by atoms with E-state index in [1.807, 2.05) is 36.4 Å². The molecule has 0 saturated heterocycles. The standard InChI is InChI=1S/C12H12N4O2S/c1-9-11(7-13)12(19(14,17)18)16(15-9)8-10-5-3-2-4-6-10/h2-6H,8H2,1H3,(H2,14,17,18). The van der Waals surface area contributed by atoms with Crippen LogP contribution in [0, 0.1) is 18.3 Å². The van der Waals surface area contributed by atoms with Gasteiger partial charge in [0, 0.05) is 0 Å². The van der Waals surface area contributed by atoms with E-state index in [0.29, 0.717) is 5.69 Å². The molecule has 0 aliphatic carbocycles. The number of aromatic nitrogens is 2. The van der Waals surface area contributed by atoms with Gasteiger partial charge in [0.15, 0.2) is 5.03 Å². The number of primary sulfonamides is 1. The van der Waals surface area contributed by atoms with Crippen LogP contribution in [0.1, 0.15) is 16.8 Å². The molecule has 0 unspecified atom stereocenters. The Hall–Kier alpha value is -2.17. The molecule has 0 fully saturated rings. The number of nitriles is 1. The molecule has 2 rings (SSSR count). The lowest BCUT2D eigenvalue weighted by Gasteiger charge is -2.05. The normalized spacial score (nSPS) is 11.2. The Morgan fingerprint density at radius 2 is 2.00 bits per heavy atom. The number of benzene rings is 1. The van der Waals surface area contributed by atoms with Crippen molar-refractivity contribution in [3.8, 4) is 6.07 Å². The fourth-order valence-corrected chi connectivity index (χ4v) is 2.72. The highest BCUT2D eigenvalue weighted by atomic mass is 32.2. The Balaban J connectivity index is 2.57. The second kappa shape index (κ2) is 4.84. The molecule has 7 heteroatoms. The van der Waals surface area contributed by atoms with Gasteiger partial charge in [-0.25, -0.2) is 18.2 Å². The minimum atomic E-state index is -4.00. The molecule has 0 aliphatic heterocycles. The summed E-state index contributed by atoms with van der Waals surface area (Å²) in [6, 6.07) is 11.1. The van der Waals surface area contributed by atoms with Gasteiger partial charge in [-0.05, 0) is 12.5 Å².